The summed E-state index contributed by atoms with van der Waals surface area (Å²) in [6.45, 7) is 5.29. The molecule has 0 N–H and O–H groups in total. The van der Waals surface area contributed by atoms with Crippen molar-refractivity contribution >= 4 is 11.8 Å². The lowest BCUT2D eigenvalue weighted by Crippen LogP contribution is -2.15. The van der Waals surface area contributed by atoms with Crippen LogP contribution in [0.1, 0.15) is 40.0 Å². The van der Waals surface area contributed by atoms with E-state index < -0.39 is 0 Å². The molecule has 3 heteroatoms. The second-order valence-corrected chi connectivity index (χ2v) is 3.97. The Morgan fingerprint density at radius 2 is 2.19 bits per heavy atom. The molecule has 0 aromatic rings. The van der Waals surface area contributed by atoms with Gasteiger partial charge < -0.3 is 4.74 Å². The molecule has 0 amide bonds. The van der Waals surface area contributed by atoms with Crippen LogP contribution in [0.5, 0.6) is 0 Å². The van der Waals surface area contributed by atoms with Crippen LogP contribution in [0.15, 0.2) is 23.3 Å². The van der Waals surface area contributed by atoms with E-state index in [4.69, 9.17) is 4.74 Å². The second-order valence-electron chi connectivity index (χ2n) is 3.97. The molecule has 0 aromatic carbocycles. The number of esters is 1. The summed E-state index contributed by atoms with van der Waals surface area (Å²) in [5.41, 5.74) is 1.71. The SMILES string of the molecule is CC/C=C\CC1=C(C)C(OC(C)=O)CC1=O. The third-order valence-corrected chi connectivity index (χ3v) is 2.70. The molecular formula is C13H18O3. The van der Waals surface area contributed by atoms with E-state index in [1.165, 1.54) is 6.92 Å². The lowest BCUT2D eigenvalue weighted by molar-refractivity contribution is -0.144. The first-order valence-corrected chi connectivity index (χ1v) is 5.61. The number of allylic oxidation sites excluding steroid dienone is 3. The van der Waals surface area contributed by atoms with E-state index in [-0.39, 0.29) is 17.9 Å². The molecule has 0 spiro atoms. The molecule has 0 heterocycles. The summed E-state index contributed by atoms with van der Waals surface area (Å²) in [5, 5.41) is 0. The number of ether oxygens (including phenoxy) is 1. The van der Waals surface area contributed by atoms with Crippen LogP contribution in [0, 0.1) is 0 Å². The van der Waals surface area contributed by atoms with Crippen molar-refractivity contribution in [3.63, 3.8) is 0 Å². The lowest BCUT2D eigenvalue weighted by atomic mass is 10.1. The molecule has 0 aromatic heterocycles. The van der Waals surface area contributed by atoms with Crippen molar-refractivity contribution in [2.45, 2.75) is 46.1 Å². The average molecular weight is 222 g/mol. The van der Waals surface area contributed by atoms with Gasteiger partial charge in [-0.05, 0) is 25.3 Å². The largest absolute Gasteiger partial charge is 0.458 e. The number of carbonyl (C=O) groups excluding carboxylic acids is 2. The fourth-order valence-electron chi connectivity index (χ4n) is 1.83. The van der Waals surface area contributed by atoms with E-state index in [0.29, 0.717) is 12.8 Å². The normalized spacial score (nSPS) is 20.9. The van der Waals surface area contributed by atoms with Gasteiger partial charge in [0, 0.05) is 12.5 Å². The Balaban J connectivity index is 2.72. The molecule has 0 fully saturated rings. The third kappa shape index (κ3) is 3.05. The van der Waals surface area contributed by atoms with Crippen molar-refractivity contribution in [1.82, 2.24) is 0 Å². The number of Topliss-reactive ketones (excluding diaryl/α,β-unsaturated/α-hetero) is 1. The zero-order valence-corrected chi connectivity index (χ0v) is 10.1. The van der Waals surface area contributed by atoms with Gasteiger partial charge in [0.25, 0.3) is 0 Å². The van der Waals surface area contributed by atoms with E-state index in [1.54, 1.807) is 0 Å². The Morgan fingerprint density at radius 3 is 2.75 bits per heavy atom. The van der Waals surface area contributed by atoms with Crippen molar-refractivity contribution in [2.24, 2.45) is 0 Å². The Hall–Kier alpha value is -1.38. The number of carbonyl (C=O) groups is 2. The maximum atomic E-state index is 11.7. The first kappa shape index (κ1) is 12.7. The quantitative estimate of drug-likeness (QED) is 0.542. The summed E-state index contributed by atoms with van der Waals surface area (Å²) in [5.74, 6) is -0.230. The molecule has 0 aliphatic heterocycles. The Labute approximate surface area is 96.2 Å². The van der Waals surface area contributed by atoms with Crippen LogP contribution in [0.2, 0.25) is 0 Å². The number of ketones is 1. The highest BCUT2D eigenvalue weighted by Gasteiger charge is 2.30. The molecule has 1 aliphatic carbocycles. The second kappa shape index (κ2) is 5.64. The van der Waals surface area contributed by atoms with Gasteiger partial charge in [-0.2, -0.15) is 0 Å². The molecule has 1 unspecified atom stereocenters. The number of hydrogen-bond donors (Lipinski definition) is 0. The fraction of sp³-hybridized carbons (Fsp3) is 0.538. The van der Waals surface area contributed by atoms with Crippen LogP contribution in [-0.2, 0) is 14.3 Å². The first-order valence-electron chi connectivity index (χ1n) is 5.61. The van der Waals surface area contributed by atoms with Gasteiger partial charge in [0.2, 0.25) is 0 Å². The molecule has 1 rings (SSSR count). The van der Waals surface area contributed by atoms with E-state index in [0.717, 1.165) is 17.6 Å². The monoisotopic (exact) mass is 222 g/mol. The zero-order valence-electron chi connectivity index (χ0n) is 10.1. The smallest absolute Gasteiger partial charge is 0.303 e. The van der Waals surface area contributed by atoms with E-state index in [1.807, 2.05) is 19.1 Å². The third-order valence-electron chi connectivity index (χ3n) is 2.70. The first-order chi connectivity index (χ1) is 7.56. The molecule has 0 saturated heterocycles. The number of hydrogen-bond acceptors (Lipinski definition) is 3. The molecule has 0 bridgehead atoms. The highest BCUT2D eigenvalue weighted by molar-refractivity contribution is 6.00. The van der Waals surface area contributed by atoms with Crippen molar-refractivity contribution in [1.29, 1.82) is 0 Å². The van der Waals surface area contributed by atoms with Crippen molar-refractivity contribution in [3.05, 3.63) is 23.3 Å². The van der Waals surface area contributed by atoms with Gasteiger partial charge in [0.05, 0.1) is 6.42 Å². The van der Waals surface area contributed by atoms with Gasteiger partial charge in [0.1, 0.15) is 6.10 Å². The van der Waals surface area contributed by atoms with Crippen molar-refractivity contribution < 1.29 is 14.3 Å². The van der Waals surface area contributed by atoms with Gasteiger partial charge in [0.15, 0.2) is 5.78 Å². The summed E-state index contributed by atoms with van der Waals surface area (Å²) in [7, 11) is 0. The maximum absolute atomic E-state index is 11.7. The van der Waals surface area contributed by atoms with Gasteiger partial charge in [-0.1, -0.05) is 19.1 Å². The van der Waals surface area contributed by atoms with Crippen LogP contribution in [0.25, 0.3) is 0 Å². The van der Waals surface area contributed by atoms with Gasteiger partial charge in [-0.25, -0.2) is 0 Å². The summed E-state index contributed by atoms with van der Waals surface area (Å²) >= 11 is 0. The summed E-state index contributed by atoms with van der Waals surface area (Å²) in [6, 6.07) is 0. The molecule has 0 saturated carbocycles. The van der Waals surface area contributed by atoms with Gasteiger partial charge in [-0.3, -0.25) is 9.59 Å². The van der Waals surface area contributed by atoms with Gasteiger partial charge >= 0.3 is 5.97 Å². The average Bonchev–Trinajstić information content (AvgIpc) is 2.45. The van der Waals surface area contributed by atoms with Crippen LogP contribution in [-0.4, -0.2) is 17.9 Å². The van der Waals surface area contributed by atoms with E-state index in [9.17, 15) is 9.59 Å². The topological polar surface area (TPSA) is 43.4 Å². The van der Waals surface area contributed by atoms with Gasteiger partial charge in [-0.15, -0.1) is 0 Å². The molecule has 3 nitrogen and oxygen atoms in total. The van der Waals surface area contributed by atoms with Crippen LogP contribution in [0.4, 0.5) is 0 Å². The van der Waals surface area contributed by atoms with E-state index in [2.05, 4.69) is 6.92 Å². The van der Waals surface area contributed by atoms with E-state index >= 15 is 0 Å². The Kier molecular flexibility index (Phi) is 4.47. The predicted octanol–water partition coefficient (Wildman–Crippen LogP) is 2.56. The Morgan fingerprint density at radius 1 is 1.50 bits per heavy atom. The predicted molar refractivity (Wildman–Crippen MR) is 61.9 cm³/mol. The summed E-state index contributed by atoms with van der Waals surface area (Å²) < 4.78 is 5.09. The molecule has 16 heavy (non-hydrogen) atoms. The van der Waals surface area contributed by atoms with Crippen molar-refractivity contribution in [2.75, 3.05) is 0 Å². The lowest BCUT2D eigenvalue weighted by Gasteiger charge is -2.10. The minimum Gasteiger partial charge on any atom is -0.458 e. The fourth-order valence-corrected chi connectivity index (χ4v) is 1.83. The molecule has 1 aliphatic rings. The standard InChI is InChI=1S/C13H18O3/c1-4-5-6-7-11-9(2)13(8-12(11)15)16-10(3)14/h5-6,13H,4,7-8H2,1-3H3/b6-5-. The summed E-state index contributed by atoms with van der Waals surface area (Å²) in [4.78, 5) is 22.5. The molecular weight excluding hydrogens is 204 g/mol. The maximum Gasteiger partial charge on any atom is 0.303 e. The minimum absolute atomic E-state index is 0.101. The molecule has 1 atom stereocenters. The summed E-state index contributed by atoms with van der Waals surface area (Å²) in [6.07, 6.45) is 5.61. The molecule has 0 radical (unpaired) electrons. The molecule has 88 valence electrons. The highest BCUT2D eigenvalue weighted by Crippen LogP contribution is 2.28. The minimum atomic E-state index is -0.338. The Bertz CT molecular complexity index is 350. The zero-order chi connectivity index (χ0) is 12.1. The van der Waals surface area contributed by atoms with Crippen molar-refractivity contribution in [3.8, 4) is 0 Å². The van der Waals surface area contributed by atoms with Crippen LogP contribution >= 0.6 is 0 Å². The number of rotatable bonds is 4. The highest BCUT2D eigenvalue weighted by atomic mass is 16.5. The van der Waals surface area contributed by atoms with Crippen LogP contribution in [0.3, 0.4) is 0 Å². The van der Waals surface area contributed by atoms with Crippen LogP contribution < -0.4 is 0 Å².